The van der Waals surface area contributed by atoms with E-state index in [9.17, 15) is 9.59 Å². The van der Waals surface area contributed by atoms with E-state index in [0.29, 0.717) is 4.20 Å². The number of hydrogen-bond acceptors (Lipinski definition) is 4. The fraction of sp³-hybridized carbons (Fsp3) is 0.571. The second kappa shape index (κ2) is 5.93. The van der Waals surface area contributed by atoms with Gasteiger partial charge in [-0.05, 0) is 13.3 Å². The molecular weight excluding hydrogens is 212 g/mol. The summed E-state index contributed by atoms with van der Waals surface area (Å²) in [6, 6.07) is 0. The first-order chi connectivity index (χ1) is 5.93. The normalized spacial score (nSPS) is 12.1. The largest absolute Gasteiger partial charge is 0.481 e. The maximum atomic E-state index is 10.4. The van der Waals surface area contributed by atoms with E-state index in [1.165, 1.54) is 6.92 Å². The van der Waals surface area contributed by atoms with Crippen LogP contribution in [-0.4, -0.2) is 31.6 Å². The lowest BCUT2D eigenvalue weighted by Crippen LogP contribution is -2.13. The molecule has 0 saturated heterocycles. The molecule has 0 spiro atoms. The number of carboxylic acid groups (broad SMARTS) is 2. The van der Waals surface area contributed by atoms with Gasteiger partial charge >= 0.3 is 11.9 Å². The van der Waals surface area contributed by atoms with Crippen LogP contribution in [0, 0.1) is 0 Å². The molecule has 0 aliphatic heterocycles. The Morgan fingerprint density at radius 3 is 2.31 bits per heavy atom. The molecule has 0 rings (SSSR count). The number of rotatable bonds is 5. The third kappa shape index (κ3) is 6.53. The average molecular weight is 222 g/mol. The predicted molar refractivity (Wildman–Crippen MR) is 54.2 cm³/mol. The van der Waals surface area contributed by atoms with E-state index in [-0.39, 0.29) is 12.8 Å². The molecule has 6 heteroatoms. The van der Waals surface area contributed by atoms with Crippen LogP contribution in [0.5, 0.6) is 0 Å². The molecule has 0 aliphatic carbocycles. The van der Waals surface area contributed by atoms with Crippen molar-refractivity contribution in [1.29, 1.82) is 0 Å². The van der Waals surface area contributed by atoms with Crippen molar-refractivity contribution in [2.75, 3.05) is 0 Å². The molecule has 0 aliphatic rings. The molecule has 0 fully saturated rings. The molecule has 0 heterocycles. The van der Waals surface area contributed by atoms with Crippen molar-refractivity contribution < 1.29 is 19.8 Å². The topological polar surface area (TPSA) is 74.6 Å². The minimum Gasteiger partial charge on any atom is -0.481 e. The van der Waals surface area contributed by atoms with Crippen LogP contribution in [0.1, 0.15) is 19.8 Å². The average Bonchev–Trinajstić information content (AvgIpc) is 2.00. The lowest BCUT2D eigenvalue weighted by Gasteiger charge is -2.05. The molecule has 2 N–H and O–H groups in total. The van der Waals surface area contributed by atoms with Gasteiger partial charge in [0.2, 0.25) is 0 Å². The van der Waals surface area contributed by atoms with Crippen LogP contribution in [0.15, 0.2) is 0 Å². The van der Waals surface area contributed by atoms with Crippen LogP contribution in [-0.2, 0) is 9.59 Å². The van der Waals surface area contributed by atoms with Gasteiger partial charge in [0.15, 0.2) is 0 Å². The van der Waals surface area contributed by atoms with Crippen LogP contribution in [0.4, 0.5) is 0 Å². The van der Waals surface area contributed by atoms with Crippen LogP contribution in [0.3, 0.4) is 0 Å². The number of thioether (sulfide) groups is 1. The summed E-state index contributed by atoms with van der Waals surface area (Å²) in [6.07, 6.45) is 0.200. The molecule has 0 aromatic rings. The highest BCUT2D eigenvalue weighted by Crippen LogP contribution is 2.16. The van der Waals surface area contributed by atoms with Crippen LogP contribution in [0.2, 0.25) is 0 Å². The number of carbonyl (C=O) groups is 2. The van der Waals surface area contributed by atoms with Gasteiger partial charge in [-0.15, -0.1) is 11.8 Å². The fourth-order valence-electron chi connectivity index (χ4n) is 0.515. The molecule has 0 aromatic heterocycles. The second-order valence-corrected chi connectivity index (χ2v) is 4.55. The zero-order valence-corrected chi connectivity index (χ0v) is 8.65. The molecule has 1 unspecified atom stereocenters. The molecule has 0 bridgehead atoms. The van der Waals surface area contributed by atoms with Crippen molar-refractivity contribution in [2.45, 2.75) is 25.0 Å². The Bertz CT molecular complexity index is 227. The summed E-state index contributed by atoms with van der Waals surface area (Å²) in [5.74, 6) is -1.87. The lowest BCUT2D eigenvalue weighted by atomic mass is 10.3. The Hall–Kier alpha value is -0.620. The summed E-state index contributed by atoms with van der Waals surface area (Å²) in [5, 5.41) is 16.2. The lowest BCUT2D eigenvalue weighted by molar-refractivity contribution is -0.137. The highest BCUT2D eigenvalue weighted by molar-refractivity contribution is 8.23. The Labute approximate surface area is 85.3 Å². The van der Waals surface area contributed by atoms with Crippen molar-refractivity contribution >= 4 is 40.1 Å². The number of thiocarbonyl (C=S) groups is 1. The summed E-state index contributed by atoms with van der Waals surface area (Å²) in [4.78, 5) is 20.5. The second-order valence-electron chi connectivity index (χ2n) is 2.36. The van der Waals surface area contributed by atoms with Crippen molar-refractivity contribution in [3.63, 3.8) is 0 Å². The van der Waals surface area contributed by atoms with Gasteiger partial charge in [0.1, 0.15) is 5.25 Å². The highest BCUT2D eigenvalue weighted by Gasteiger charge is 2.14. The summed E-state index contributed by atoms with van der Waals surface area (Å²) in [6.45, 7) is 1.51. The highest BCUT2D eigenvalue weighted by atomic mass is 32.2. The monoisotopic (exact) mass is 222 g/mol. The van der Waals surface area contributed by atoms with Crippen molar-refractivity contribution in [3.05, 3.63) is 0 Å². The van der Waals surface area contributed by atoms with Crippen molar-refractivity contribution in [3.8, 4) is 0 Å². The van der Waals surface area contributed by atoms with Gasteiger partial charge < -0.3 is 10.2 Å². The van der Waals surface area contributed by atoms with Gasteiger partial charge in [-0.3, -0.25) is 9.59 Å². The number of hydrogen-bond donors (Lipinski definition) is 2. The van der Waals surface area contributed by atoms with Gasteiger partial charge in [-0.25, -0.2) is 0 Å². The fourth-order valence-corrected chi connectivity index (χ4v) is 1.77. The zero-order chi connectivity index (χ0) is 10.4. The van der Waals surface area contributed by atoms with Crippen LogP contribution < -0.4 is 0 Å². The Kier molecular flexibility index (Phi) is 5.65. The molecule has 4 nitrogen and oxygen atoms in total. The van der Waals surface area contributed by atoms with Crippen LogP contribution in [0.25, 0.3) is 0 Å². The summed E-state index contributed by atoms with van der Waals surface area (Å²) in [7, 11) is 0. The van der Waals surface area contributed by atoms with Gasteiger partial charge in [-0.1, -0.05) is 12.2 Å². The van der Waals surface area contributed by atoms with Gasteiger partial charge in [0.25, 0.3) is 0 Å². The molecule has 0 radical (unpaired) electrons. The van der Waals surface area contributed by atoms with Gasteiger partial charge in [0.05, 0.1) is 6.42 Å². The van der Waals surface area contributed by atoms with E-state index in [1.54, 1.807) is 0 Å². The smallest absolute Gasteiger partial charge is 0.316 e. The van der Waals surface area contributed by atoms with E-state index in [4.69, 9.17) is 22.4 Å². The number of carboxylic acids is 2. The van der Waals surface area contributed by atoms with Crippen molar-refractivity contribution in [1.82, 2.24) is 0 Å². The first kappa shape index (κ1) is 12.4. The molecule has 1 atom stereocenters. The first-order valence-electron chi connectivity index (χ1n) is 3.57. The van der Waals surface area contributed by atoms with Crippen LogP contribution >= 0.6 is 24.0 Å². The quantitative estimate of drug-likeness (QED) is 0.685. The van der Waals surface area contributed by atoms with E-state index < -0.39 is 17.2 Å². The minimum atomic E-state index is -0.942. The minimum absolute atomic E-state index is 0.0435. The summed E-state index contributed by atoms with van der Waals surface area (Å²) in [5.41, 5.74) is 0. The third-order valence-electron chi connectivity index (χ3n) is 1.20. The Morgan fingerprint density at radius 2 is 1.92 bits per heavy atom. The first-order valence-corrected chi connectivity index (χ1v) is 4.86. The molecule has 0 amide bonds. The molecule has 13 heavy (non-hydrogen) atoms. The molecule has 74 valence electrons. The maximum absolute atomic E-state index is 10.4. The maximum Gasteiger partial charge on any atom is 0.316 e. The molecule has 0 saturated carbocycles. The van der Waals surface area contributed by atoms with E-state index >= 15 is 0 Å². The van der Waals surface area contributed by atoms with Gasteiger partial charge in [-0.2, -0.15) is 0 Å². The van der Waals surface area contributed by atoms with Crippen molar-refractivity contribution in [2.24, 2.45) is 0 Å². The summed E-state index contributed by atoms with van der Waals surface area (Å²) >= 11 is 5.82. The zero-order valence-electron chi connectivity index (χ0n) is 7.02. The summed E-state index contributed by atoms with van der Waals surface area (Å²) < 4.78 is 0.428. The Balaban J connectivity index is 3.74. The predicted octanol–water partition coefficient (Wildman–Crippen LogP) is 1.38. The SMILES string of the molecule is CC(SC(=S)CCC(=O)O)C(=O)O. The third-order valence-corrected chi connectivity index (χ3v) is 2.71. The number of aliphatic carboxylic acids is 2. The Morgan fingerprint density at radius 1 is 1.38 bits per heavy atom. The van der Waals surface area contributed by atoms with E-state index in [0.717, 1.165) is 11.8 Å². The van der Waals surface area contributed by atoms with E-state index in [1.807, 2.05) is 0 Å². The standard InChI is InChI=1S/C7H10O4S2/c1-4(7(10)11)13-6(12)3-2-5(8)9/h4H,2-3H2,1H3,(H,8,9)(H,10,11). The van der Waals surface area contributed by atoms with Gasteiger partial charge in [0, 0.05) is 4.20 Å². The van der Waals surface area contributed by atoms with E-state index in [2.05, 4.69) is 0 Å². The molecular formula is C7H10O4S2. The molecule has 0 aromatic carbocycles.